The molecular formula is C31H32F2O7S2. The van der Waals surface area contributed by atoms with Crippen LogP contribution in [0, 0.1) is 11.8 Å². The molecule has 11 heteroatoms. The van der Waals surface area contributed by atoms with E-state index in [1.165, 1.54) is 79.7 Å². The first-order valence-electron chi connectivity index (χ1n) is 13.4. The average Bonchev–Trinajstić information content (AvgIpc) is 3.54. The van der Waals surface area contributed by atoms with Gasteiger partial charge in [0.15, 0.2) is 8.66 Å². The van der Waals surface area contributed by atoms with Crippen LogP contribution in [0.4, 0.5) is 8.78 Å². The highest BCUT2D eigenvalue weighted by molar-refractivity contribution is 8.98. The maximum Gasteiger partial charge on any atom is 0.445 e. The number of carbonyl (C=O) groups is 2. The third-order valence-corrected chi connectivity index (χ3v) is 17.8. The van der Waals surface area contributed by atoms with Gasteiger partial charge in [0.1, 0.15) is 12.2 Å². The Morgan fingerprint density at radius 1 is 0.786 bits per heavy atom. The van der Waals surface area contributed by atoms with E-state index in [-0.39, 0.29) is 44.9 Å². The number of alkyl halides is 2. The molecule has 0 aromatic heterocycles. The Kier molecular flexibility index (Phi) is 7.68. The van der Waals surface area contributed by atoms with Gasteiger partial charge in [-0.15, -0.1) is 0 Å². The third kappa shape index (κ3) is 4.59. The van der Waals surface area contributed by atoms with E-state index < -0.39 is 47.1 Å². The first-order valence-corrected chi connectivity index (χ1v) is 17.4. The fourth-order valence-corrected chi connectivity index (χ4v) is 15.4. The molecule has 4 atom stereocenters. The van der Waals surface area contributed by atoms with E-state index in [4.69, 9.17) is 9.47 Å². The van der Waals surface area contributed by atoms with Crippen molar-refractivity contribution >= 4 is 29.7 Å². The van der Waals surface area contributed by atoms with Crippen LogP contribution < -0.4 is 0 Å². The molecule has 3 aromatic rings. The second kappa shape index (κ2) is 10.7. The second-order valence-electron chi connectivity index (χ2n) is 10.7. The van der Waals surface area contributed by atoms with Crippen molar-refractivity contribution in [2.24, 2.45) is 11.8 Å². The fraction of sp³-hybridized carbons (Fsp3) is 0.290. The summed E-state index contributed by atoms with van der Waals surface area (Å²) in [5, 5.41) is -5.23. The van der Waals surface area contributed by atoms with Gasteiger partial charge in [-0.05, 0) is 74.4 Å². The van der Waals surface area contributed by atoms with Crippen LogP contribution in [-0.2, 0) is 27.7 Å². The molecule has 5 rings (SSSR count). The Bertz CT molecular complexity index is 1460. The van der Waals surface area contributed by atoms with Crippen LogP contribution in [0.15, 0.2) is 118 Å². The molecule has 224 valence electrons. The van der Waals surface area contributed by atoms with Crippen molar-refractivity contribution in [2.75, 3.05) is 0 Å². The highest BCUT2D eigenvalue weighted by atomic mass is 33.2. The Labute approximate surface area is 243 Å². The average molecular weight is 619 g/mol. The highest BCUT2D eigenvalue weighted by Crippen LogP contribution is 2.82. The molecule has 0 heterocycles. The molecule has 7 nitrogen and oxygen atoms in total. The number of ether oxygens (including phenoxy) is 2. The maximum absolute atomic E-state index is 16.5. The Hall–Kier alpha value is -3.38. The standard InChI is InChI=1S/C31H32F2O7S2/c1-21(2)29(34)39-27-19-23-18-22(27)20-28(23)40-30(35)31(32,33)42(36,37,38)41(24-12-6-3-7-13-24,25-14-8-4-9-15-25)26-16-10-5-11-17-26/h3-17,22-23,27-28H,1,18-20H2,2H3,(H2,36,37,38). The first kappa shape index (κ1) is 30.1. The van der Waals surface area contributed by atoms with Crippen LogP contribution in [0.1, 0.15) is 26.2 Å². The van der Waals surface area contributed by atoms with E-state index >= 15 is 8.78 Å². The number of halogens is 2. The molecule has 2 fully saturated rings. The molecule has 0 aliphatic heterocycles. The van der Waals surface area contributed by atoms with Crippen molar-refractivity contribution in [3.63, 3.8) is 0 Å². The van der Waals surface area contributed by atoms with Crippen LogP contribution in [0.5, 0.6) is 0 Å². The number of rotatable bonds is 9. The number of carbonyl (C=O) groups excluding carboxylic acids is 2. The van der Waals surface area contributed by atoms with Gasteiger partial charge in [0.2, 0.25) is 0 Å². The van der Waals surface area contributed by atoms with Gasteiger partial charge >= 0.3 is 17.2 Å². The smallest absolute Gasteiger partial charge is 0.445 e. The summed E-state index contributed by atoms with van der Waals surface area (Å²) in [7, 11) is -11.5. The molecule has 2 aliphatic carbocycles. The van der Waals surface area contributed by atoms with Crippen LogP contribution in [-0.4, -0.2) is 42.7 Å². The second-order valence-corrected chi connectivity index (χ2v) is 18.6. The Morgan fingerprint density at radius 2 is 1.17 bits per heavy atom. The van der Waals surface area contributed by atoms with E-state index in [0.717, 1.165) is 0 Å². The van der Waals surface area contributed by atoms with Gasteiger partial charge < -0.3 is 9.47 Å². The lowest BCUT2D eigenvalue weighted by Crippen LogP contribution is -2.58. The van der Waals surface area contributed by atoms with Crippen molar-refractivity contribution in [3.8, 4) is 0 Å². The Balaban J connectivity index is 1.55. The summed E-state index contributed by atoms with van der Waals surface area (Å²) in [6, 6.07) is 22.2. The van der Waals surface area contributed by atoms with Crippen molar-refractivity contribution in [3.05, 3.63) is 103 Å². The SMILES string of the molecule is C=C(C)C(=O)OC1CC2CC1CC2OC(=O)C(F)(F)S(=O)(O)(O)S(c1ccccc1)(c1ccccc1)c1ccccc1. The topological polar surface area (TPSA) is 110 Å². The number of hydrogen-bond acceptors (Lipinski definition) is 5. The lowest BCUT2D eigenvalue weighted by molar-refractivity contribution is -0.172. The minimum absolute atomic E-state index is 0.0426. The van der Waals surface area contributed by atoms with Crippen molar-refractivity contribution in [1.82, 2.24) is 0 Å². The predicted molar refractivity (Wildman–Crippen MR) is 155 cm³/mol. The van der Waals surface area contributed by atoms with Crippen LogP contribution in [0.25, 0.3) is 0 Å². The molecule has 42 heavy (non-hydrogen) atoms. The number of benzene rings is 3. The van der Waals surface area contributed by atoms with Crippen LogP contribution >= 0.6 is 9.06 Å². The summed E-state index contributed by atoms with van der Waals surface area (Å²) < 4.78 is 81.8. The zero-order chi connectivity index (χ0) is 30.4. The summed E-state index contributed by atoms with van der Waals surface area (Å²) in [4.78, 5) is 25.1. The van der Waals surface area contributed by atoms with E-state index in [0.29, 0.717) is 6.42 Å². The van der Waals surface area contributed by atoms with E-state index in [2.05, 4.69) is 6.58 Å². The molecule has 3 aromatic carbocycles. The fourth-order valence-electron chi connectivity index (χ4n) is 5.97. The predicted octanol–water partition coefficient (Wildman–Crippen LogP) is 7.07. The minimum atomic E-state index is -7.36. The summed E-state index contributed by atoms with van der Waals surface area (Å²) in [5.74, 6) is -3.45. The maximum atomic E-state index is 16.5. The Morgan fingerprint density at radius 3 is 1.52 bits per heavy atom. The van der Waals surface area contributed by atoms with Gasteiger partial charge in [-0.3, -0.25) is 9.11 Å². The summed E-state index contributed by atoms with van der Waals surface area (Å²) in [5.41, 5.74) is 0.230. The molecular weight excluding hydrogens is 586 g/mol. The van der Waals surface area contributed by atoms with Gasteiger partial charge in [-0.25, -0.2) is 13.8 Å². The molecule has 2 bridgehead atoms. The summed E-state index contributed by atoms with van der Waals surface area (Å²) in [6.07, 6.45) is -0.558. The quantitative estimate of drug-likeness (QED) is 0.150. The summed E-state index contributed by atoms with van der Waals surface area (Å²) >= 11 is 0. The van der Waals surface area contributed by atoms with Gasteiger partial charge in [0.25, 0.3) is 0 Å². The zero-order valence-corrected chi connectivity index (χ0v) is 24.4. The lowest BCUT2D eigenvalue weighted by Gasteiger charge is -2.55. The van der Waals surface area contributed by atoms with Crippen molar-refractivity contribution < 1.29 is 41.2 Å². The molecule has 0 amide bonds. The molecule has 2 N–H and O–H groups in total. The lowest BCUT2D eigenvalue weighted by atomic mass is 9.95. The monoisotopic (exact) mass is 618 g/mol. The number of hydrogen-bond donors (Lipinski definition) is 2. The van der Waals surface area contributed by atoms with Gasteiger partial charge in [0.05, 0.1) is 0 Å². The third-order valence-electron chi connectivity index (χ3n) is 7.94. The molecule has 2 aliphatic rings. The summed E-state index contributed by atoms with van der Waals surface area (Å²) in [6.45, 7) is 5.07. The molecule has 0 spiro atoms. The number of fused-ring (bicyclic) bond motifs is 2. The zero-order valence-electron chi connectivity index (χ0n) is 22.8. The largest absolute Gasteiger partial charge is 0.459 e. The van der Waals surface area contributed by atoms with E-state index in [1.807, 2.05) is 0 Å². The van der Waals surface area contributed by atoms with Crippen molar-refractivity contribution in [1.29, 1.82) is 0 Å². The normalized spacial score (nSPS) is 23.4. The van der Waals surface area contributed by atoms with Crippen molar-refractivity contribution in [2.45, 2.75) is 58.3 Å². The molecule has 4 unspecified atom stereocenters. The van der Waals surface area contributed by atoms with Crippen LogP contribution in [0.2, 0.25) is 0 Å². The van der Waals surface area contributed by atoms with Gasteiger partial charge in [-0.1, -0.05) is 70.2 Å². The van der Waals surface area contributed by atoms with E-state index in [9.17, 15) is 22.9 Å². The minimum Gasteiger partial charge on any atom is -0.459 e. The van der Waals surface area contributed by atoms with E-state index in [1.54, 1.807) is 18.2 Å². The number of esters is 2. The first-order chi connectivity index (χ1) is 19.8. The van der Waals surface area contributed by atoms with Gasteiger partial charge in [-0.2, -0.15) is 8.78 Å². The molecule has 2 saturated carbocycles. The molecule has 0 radical (unpaired) electrons. The van der Waals surface area contributed by atoms with Gasteiger partial charge in [0, 0.05) is 20.3 Å². The highest BCUT2D eigenvalue weighted by Gasteiger charge is 2.74. The molecule has 0 saturated heterocycles. The van der Waals surface area contributed by atoms with Crippen LogP contribution in [0.3, 0.4) is 0 Å².